The third kappa shape index (κ3) is 5.50. The van der Waals surface area contributed by atoms with Gasteiger partial charge in [-0.2, -0.15) is 0 Å². The minimum atomic E-state index is -0.0441. The second-order valence-corrected chi connectivity index (χ2v) is 11.7. The largest absolute Gasteiger partial charge is 0.496 e. The molecule has 3 aliphatic carbocycles. The van der Waals surface area contributed by atoms with Crippen LogP contribution in [0.15, 0.2) is 54.9 Å². The van der Waals surface area contributed by atoms with E-state index >= 15 is 0 Å². The van der Waals surface area contributed by atoms with Crippen molar-refractivity contribution in [3.05, 3.63) is 82.1 Å². The Labute approximate surface area is 236 Å². The highest BCUT2D eigenvalue weighted by Gasteiger charge is 2.50. The van der Waals surface area contributed by atoms with Crippen LogP contribution in [0.2, 0.25) is 5.02 Å². The van der Waals surface area contributed by atoms with Crippen LogP contribution >= 0.6 is 11.6 Å². The third-order valence-corrected chi connectivity index (χ3v) is 9.13. The van der Waals surface area contributed by atoms with Gasteiger partial charge < -0.3 is 19.1 Å². The van der Waals surface area contributed by atoms with Crippen LogP contribution in [-0.4, -0.2) is 38.4 Å². The van der Waals surface area contributed by atoms with Gasteiger partial charge in [0.25, 0.3) is 5.91 Å². The van der Waals surface area contributed by atoms with Crippen molar-refractivity contribution in [1.29, 1.82) is 0 Å². The second-order valence-electron chi connectivity index (χ2n) is 11.2. The number of ether oxygens (including phenoxy) is 3. The Hall–Kier alpha value is -3.09. The maximum atomic E-state index is 14.1. The Morgan fingerprint density at radius 1 is 0.974 bits per heavy atom. The number of anilines is 1. The number of hydrogen-bond donors (Lipinski definition) is 0. The molecule has 6 rings (SSSR count). The van der Waals surface area contributed by atoms with Crippen molar-refractivity contribution < 1.29 is 19.0 Å². The third-order valence-electron chi connectivity index (χ3n) is 8.91. The Kier molecular flexibility index (Phi) is 7.88. The molecule has 1 aromatic heterocycles. The quantitative estimate of drug-likeness (QED) is 0.263. The zero-order chi connectivity index (χ0) is 27.6. The van der Waals surface area contributed by atoms with E-state index in [1.54, 1.807) is 38.7 Å². The van der Waals surface area contributed by atoms with E-state index in [2.05, 4.69) is 30.1 Å². The van der Waals surface area contributed by atoms with E-state index in [4.69, 9.17) is 25.8 Å². The van der Waals surface area contributed by atoms with Crippen LogP contribution < -0.4 is 14.4 Å². The van der Waals surface area contributed by atoms with Crippen LogP contribution in [0.4, 0.5) is 5.69 Å². The van der Waals surface area contributed by atoms with Gasteiger partial charge in [-0.05, 0) is 104 Å². The Morgan fingerprint density at radius 3 is 2.36 bits per heavy atom. The lowest BCUT2D eigenvalue weighted by atomic mass is 9.51. The molecule has 3 aliphatic rings. The van der Waals surface area contributed by atoms with Crippen molar-refractivity contribution >= 4 is 23.2 Å². The van der Waals surface area contributed by atoms with Crippen LogP contribution in [0.25, 0.3) is 0 Å². The number of carbonyl (C=O) groups is 1. The van der Waals surface area contributed by atoms with Crippen molar-refractivity contribution in [2.75, 3.05) is 32.5 Å². The van der Waals surface area contributed by atoms with Gasteiger partial charge in [-0.25, -0.2) is 0 Å². The predicted octanol–water partition coefficient (Wildman–Crippen LogP) is 7.28. The maximum Gasteiger partial charge on any atom is 0.258 e. The minimum absolute atomic E-state index is 0.0441. The molecule has 2 bridgehead atoms. The summed E-state index contributed by atoms with van der Waals surface area (Å²) in [5, 5.41) is 0.515. The van der Waals surface area contributed by atoms with Crippen molar-refractivity contribution in [3.63, 3.8) is 0 Å². The van der Waals surface area contributed by atoms with Crippen LogP contribution in [-0.2, 0) is 10.2 Å². The first-order valence-corrected chi connectivity index (χ1v) is 14.0. The molecule has 3 fully saturated rings. The van der Waals surface area contributed by atoms with E-state index in [1.165, 1.54) is 11.1 Å². The van der Waals surface area contributed by atoms with E-state index in [-0.39, 0.29) is 23.5 Å². The molecule has 6 nitrogen and oxygen atoms in total. The number of hydrogen-bond acceptors (Lipinski definition) is 5. The monoisotopic (exact) mass is 548 g/mol. The lowest BCUT2D eigenvalue weighted by Gasteiger charge is -2.55. The topological polar surface area (TPSA) is 60.9 Å². The number of aryl methyl sites for hydroxylation is 2. The lowest BCUT2D eigenvalue weighted by Crippen LogP contribution is -2.50. The molecule has 3 aromatic rings. The molecule has 7 heteroatoms. The van der Waals surface area contributed by atoms with E-state index < -0.39 is 0 Å². The average molecular weight is 549 g/mol. The van der Waals surface area contributed by atoms with Crippen LogP contribution in [0.3, 0.4) is 0 Å². The molecule has 0 unspecified atom stereocenters. The van der Waals surface area contributed by atoms with Crippen LogP contribution in [0.1, 0.15) is 65.6 Å². The highest BCUT2D eigenvalue weighted by atomic mass is 35.5. The summed E-state index contributed by atoms with van der Waals surface area (Å²) in [6, 6.07) is 13.9. The van der Waals surface area contributed by atoms with Gasteiger partial charge in [0, 0.05) is 48.4 Å². The van der Waals surface area contributed by atoms with E-state index in [0.717, 1.165) is 55.5 Å². The number of amides is 1. The first-order valence-electron chi connectivity index (χ1n) is 13.6. The first-order chi connectivity index (χ1) is 18.8. The van der Waals surface area contributed by atoms with Crippen LogP contribution in [0.5, 0.6) is 11.5 Å². The molecule has 1 heterocycles. The smallest absolute Gasteiger partial charge is 0.258 e. The molecule has 0 saturated heterocycles. The fourth-order valence-electron chi connectivity index (χ4n) is 6.53. The van der Waals surface area contributed by atoms with Crippen molar-refractivity contribution in [1.82, 2.24) is 4.98 Å². The molecule has 3 saturated carbocycles. The van der Waals surface area contributed by atoms with E-state index in [1.807, 2.05) is 24.0 Å². The van der Waals surface area contributed by atoms with Crippen molar-refractivity contribution in [2.24, 2.45) is 5.41 Å². The maximum absolute atomic E-state index is 14.1. The van der Waals surface area contributed by atoms with Crippen molar-refractivity contribution in [3.8, 4) is 11.5 Å². The number of carbonyl (C=O) groups excluding carboxylic acids is 1. The van der Waals surface area contributed by atoms with Gasteiger partial charge in [-0.3, -0.25) is 9.78 Å². The molecule has 0 spiro atoms. The fraction of sp³-hybridized carbons (Fsp3) is 0.438. The summed E-state index contributed by atoms with van der Waals surface area (Å²) in [5.41, 5.74) is 5.09. The molecular weight excluding hydrogens is 512 g/mol. The predicted molar refractivity (Wildman–Crippen MR) is 154 cm³/mol. The zero-order valence-corrected chi connectivity index (χ0v) is 24.0. The van der Waals surface area contributed by atoms with Gasteiger partial charge in [0.05, 0.1) is 7.11 Å². The number of aromatic nitrogens is 1. The SMILES string of the molecule is COCOc1cc(Cl)cc(N(CC23CCC(c4ccc(OC)c(C)c4)(CC2)CC3)C(=O)c2ccncc2C)c1. The summed E-state index contributed by atoms with van der Waals surface area (Å²) in [6.45, 7) is 4.78. The summed E-state index contributed by atoms with van der Waals surface area (Å²) >= 11 is 6.52. The standard InChI is InChI=1S/C32H37ClN2O4/c1-22-15-24(5-6-29(22)38-4)32-11-8-31(9-12-32,10-13-32)20-35(30(36)28-7-14-34-19-23(28)2)26-16-25(33)17-27(18-26)39-21-37-3/h5-7,14-19H,8-13,20-21H2,1-4H3. The van der Waals surface area contributed by atoms with Gasteiger partial charge in [-0.1, -0.05) is 23.7 Å². The van der Waals surface area contributed by atoms with E-state index in [9.17, 15) is 4.79 Å². The lowest BCUT2D eigenvalue weighted by molar-refractivity contribution is 0.0440. The summed E-state index contributed by atoms with van der Waals surface area (Å²) in [5.74, 6) is 1.46. The summed E-state index contributed by atoms with van der Waals surface area (Å²) in [4.78, 5) is 20.2. The molecule has 0 N–H and O–H groups in total. The first kappa shape index (κ1) is 27.5. The second kappa shape index (κ2) is 11.2. The number of halogens is 1. The van der Waals surface area contributed by atoms with Gasteiger partial charge in [0.2, 0.25) is 0 Å². The molecule has 39 heavy (non-hydrogen) atoms. The van der Waals surface area contributed by atoms with Gasteiger partial charge in [-0.15, -0.1) is 0 Å². The molecular formula is C32H37ClN2O4. The Morgan fingerprint density at radius 2 is 1.72 bits per heavy atom. The molecule has 1 amide bonds. The normalized spacial score (nSPS) is 22.0. The molecule has 0 radical (unpaired) electrons. The number of pyridine rings is 1. The fourth-order valence-corrected chi connectivity index (χ4v) is 6.75. The highest BCUT2D eigenvalue weighted by Crippen LogP contribution is 2.58. The zero-order valence-electron chi connectivity index (χ0n) is 23.3. The van der Waals surface area contributed by atoms with Crippen LogP contribution in [0, 0.1) is 19.3 Å². The average Bonchev–Trinajstić information content (AvgIpc) is 2.95. The molecule has 0 atom stereocenters. The molecule has 206 valence electrons. The highest BCUT2D eigenvalue weighted by molar-refractivity contribution is 6.31. The van der Waals surface area contributed by atoms with Gasteiger partial charge >= 0.3 is 0 Å². The molecule has 2 aromatic carbocycles. The summed E-state index contributed by atoms with van der Waals surface area (Å²) in [7, 11) is 3.30. The Balaban J connectivity index is 1.44. The number of rotatable bonds is 9. The Bertz CT molecular complexity index is 1330. The number of methoxy groups -OCH3 is 2. The molecule has 0 aliphatic heterocycles. The number of benzene rings is 2. The van der Waals surface area contributed by atoms with Gasteiger partial charge in [0.1, 0.15) is 11.5 Å². The minimum Gasteiger partial charge on any atom is -0.496 e. The number of fused-ring (bicyclic) bond motifs is 3. The van der Waals surface area contributed by atoms with E-state index in [0.29, 0.717) is 22.9 Å². The van der Waals surface area contributed by atoms with Gasteiger partial charge in [0.15, 0.2) is 6.79 Å². The van der Waals surface area contributed by atoms with Crippen molar-refractivity contribution in [2.45, 2.75) is 57.8 Å². The summed E-state index contributed by atoms with van der Waals surface area (Å²) in [6.07, 6.45) is 9.99. The summed E-state index contributed by atoms with van der Waals surface area (Å²) < 4.78 is 16.3. The number of nitrogens with zero attached hydrogens (tertiary/aromatic N) is 2.